The summed E-state index contributed by atoms with van der Waals surface area (Å²) in [5.41, 5.74) is 6.76. The van der Waals surface area contributed by atoms with E-state index in [-0.39, 0.29) is 6.10 Å². The van der Waals surface area contributed by atoms with Crippen LogP contribution in [-0.2, 0) is 11.2 Å². The van der Waals surface area contributed by atoms with Crippen LogP contribution in [0.4, 0.5) is 5.95 Å². The van der Waals surface area contributed by atoms with E-state index in [1.54, 1.807) is 0 Å². The first-order valence-corrected chi connectivity index (χ1v) is 5.44. The van der Waals surface area contributed by atoms with E-state index in [4.69, 9.17) is 10.5 Å². The number of anilines is 1. The monoisotopic (exact) mass is 210 g/mol. The summed E-state index contributed by atoms with van der Waals surface area (Å²) < 4.78 is 5.50. The molecule has 0 amide bonds. The van der Waals surface area contributed by atoms with Gasteiger partial charge in [-0.2, -0.15) is 0 Å². The molecule has 1 aromatic rings. The van der Waals surface area contributed by atoms with Gasteiger partial charge in [0.2, 0.25) is 5.95 Å². The van der Waals surface area contributed by atoms with Crippen LogP contribution in [0.15, 0.2) is 6.20 Å². The molecule has 1 aliphatic rings. The molecule has 0 aromatic carbocycles. The molecular formula is C10H18N4O. The standard InChI is InChI=1S/C10H18N4O/c1-2-8-6-12-10(13-8)14-3-4-15-9(5-11)7-14/h6,9H,2-5,7,11H2,1H3,(H,12,13). The van der Waals surface area contributed by atoms with Gasteiger partial charge in [-0.15, -0.1) is 0 Å². The number of imidazole rings is 1. The third-order valence-corrected chi connectivity index (χ3v) is 2.70. The molecule has 15 heavy (non-hydrogen) atoms. The maximum Gasteiger partial charge on any atom is 0.203 e. The minimum absolute atomic E-state index is 0.133. The second-order valence-corrected chi connectivity index (χ2v) is 3.76. The molecule has 1 unspecified atom stereocenters. The lowest BCUT2D eigenvalue weighted by Gasteiger charge is -2.32. The van der Waals surface area contributed by atoms with Crippen molar-refractivity contribution in [1.82, 2.24) is 9.97 Å². The first-order chi connectivity index (χ1) is 7.33. The molecule has 2 rings (SSSR count). The lowest BCUT2D eigenvalue weighted by Crippen LogP contribution is -2.46. The Hall–Kier alpha value is -1.07. The number of morpholine rings is 1. The van der Waals surface area contributed by atoms with Crippen LogP contribution in [-0.4, -0.2) is 42.3 Å². The zero-order chi connectivity index (χ0) is 10.7. The normalized spacial score (nSPS) is 22.0. The number of aryl methyl sites for hydroxylation is 1. The molecule has 0 spiro atoms. The molecule has 1 aliphatic heterocycles. The van der Waals surface area contributed by atoms with E-state index in [2.05, 4.69) is 21.8 Å². The van der Waals surface area contributed by atoms with Crippen molar-refractivity contribution >= 4 is 5.95 Å². The highest BCUT2D eigenvalue weighted by molar-refractivity contribution is 5.32. The molecule has 1 aromatic heterocycles. The van der Waals surface area contributed by atoms with E-state index >= 15 is 0 Å². The summed E-state index contributed by atoms with van der Waals surface area (Å²) >= 11 is 0. The smallest absolute Gasteiger partial charge is 0.203 e. The molecule has 0 bridgehead atoms. The summed E-state index contributed by atoms with van der Waals surface area (Å²) in [5, 5.41) is 0. The van der Waals surface area contributed by atoms with Gasteiger partial charge in [-0.1, -0.05) is 6.92 Å². The van der Waals surface area contributed by atoms with E-state index in [1.807, 2.05) is 6.20 Å². The van der Waals surface area contributed by atoms with Gasteiger partial charge in [0.1, 0.15) is 0 Å². The van der Waals surface area contributed by atoms with Crippen molar-refractivity contribution in [1.29, 1.82) is 0 Å². The number of ether oxygens (including phenoxy) is 1. The fourth-order valence-corrected chi connectivity index (χ4v) is 1.74. The van der Waals surface area contributed by atoms with Gasteiger partial charge in [-0.05, 0) is 6.42 Å². The van der Waals surface area contributed by atoms with Crippen LogP contribution in [0, 0.1) is 0 Å². The van der Waals surface area contributed by atoms with Crippen molar-refractivity contribution in [2.24, 2.45) is 5.73 Å². The molecule has 84 valence electrons. The maximum atomic E-state index is 5.59. The molecule has 1 fully saturated rings. The van der Waals surface area contributed by atoms with Crippen LogP contribution < -0.4 is 10.6 Å². The van der Waals surface area contributed by atoms with Gasteiger partial charge in [-0.25, -0.2) is 4.98 Å². The predicted molar refractivity (Wildman–Crippen MR) is 59.0 cm³/mol. The van der Waals surface area contributed by atoms with E-state index in [1.165, 1.54) is 5.69 Å². The Kier molecular flexibility index (Phi) is 3.23. The largest absolute Gasteiger partial charge is 0.373 e. The van der Waals surface area contributed by atoms with Crippen molar-refractivity contribution in [3.63, 3.8) is 0 Å². The summed E-state index contributed by atoms with van der Waals surface area (Å²) in [6.45, 7) is 5.11. The van der Waals surface area contributed by atoms with Crippen LogP contribution in [0.1, 0.15) is 12.6 Å². The highest BCUT2D eigenvalue weighted by Gasteiger charge is 2.20. The number of nitrogens with one attached hydrogen (secondary N) is 1. The van der Waals surface area contributed by atoms with E-state index in [0.29, 0.717) is 6.54 Å². The number of hydrogen-bond donors (Lipinski definition) is 2. The lowest BCUT2D eigenvalue weighted by atomic mass is 10.3. The SMILES string of the molecule is CCc1cnc(N2CCOC(CN)C2)[nH]1. The Bertz CT molecular complexity index is 312. The maximum absolute atomic E-state index is 5.59. The second-order valence-electron chi connectivity index (χ2n) is 3.76. The molecule has 0 aliphatic carbocycles. The Labute approximate surface area is 89.6 Å². The molecule has 3 N–H and O–H groups in total. The minimum Gasteiger partial charge on any atom is -0.373 e. The van der Waals surface area contributed by atoms with Gasteiger partial charge in [0.05, 0.1) is 18.9 Å². The lowest BCUT2D eigenvalue weighted by molar-refractivity contribution is 0.0460. The summed E-state index contributed by atoms with van der Waals surface area (Å²) in [4.78, 5) is 9.84. The van der Waals surface area contributed by atoms with Gasteiger partial charge in [0, 0.05) is 25.3 Å². The molecule has 1 saturated heterocycles. The van der Waals surface area contributed by atoms with Gasteiger partial charge in [-0.3, -0.25) is 0 Å². The van der Waals surface area contributed by atoms with Gasteiger partial charge >= 0.3 is 0 Å². The van der Waals surface area contributed by atoms with Crippen molar-refractivity contribution in [2.45, 2.75) is 19.4 Å². The van der Waals surface area contributed by atoms with Crippen LogP contribution in [0.25, 0.3) is 0 Å². The van der Waals surface area contributed by atoms with Crippen molar-refractivity contribution in [3.05, 3.63) is 11.9 Å². The average molecular weight is 210 g/mol. The highest BCUT2D eigenvalue weighted by atomic mass is 16.5. The fraction of sp³-hybridized carbons (Fsp3) is 0.700. The number of nitrogens with two attached hydrogens (primary N) is 1. The zero-order valence-corrected chi connectivity index (χ0v) is 9.07. The van der Waals surface area contributed by atoms with Gasteiger partial charge < -0.3 is 20.4 Å². The van der Waals surface area contributed by atoms with Crippen LogP contribution >= 0.6 is 0 Å². The number of H-pyrrole nitrogens is 1. The number of nitrogens with zero attached hydrogens (tertiary/aromatic N) is 2. The minimum atomic E-state index is 0.133. The number of rotatable bonds is 3. The summed E-state index contributed by atoms with van der Waals surface area (Å²) in [6, 6.07) is 0. The van der Waals surface area contributed by atoms with Crippen LogP contribution in [0.3, 0.4) is 0 Å². The van der Waals surface area contributed by atoms with Crippen LogP contribution in [0.5, 0.6) is 0 Å². The van der Waals surface area contributed by atoms with Crippen LogP contribution in [0.2, 0.25) is 0 Å². The molecule has 5 nitrogen and oxygen atoms in total. The van der Waals surface area contributed by atoms with Crippen molar-refractivity contribution < 1.29 is 4.74 Å². The fourth-order valence-electron chi connectivity index (χ4n) is 1.74. The quantitative estimate of drug-likeness (QED) is 0.744. The predicted octanol–water partition coefficient (Wildman–Crippen LogP) is 0.136. The van der Waals surface area contributed by atoms with Crippen molar-refractivity contribution in [2.75, 3.05) is 31.1 Å². The zero-order valence-electron chi connectivity index (χ0n) is 9.07. The Balaban J connectivity index is 2.03. The van der Waals surface area contributed by atoms with E-state index in [0.717, 1.165) is 32.1 Å². The van der Waals surface area contributed by atoms with E-state index in [9.17, 15) is 0 Å². The summed E-state index contributed by atoms with van der Waals surface area (Å²) in [7, 11) is 0. The Morgan fingerprint density at radius 3 is 3.27 bits per heavy atom. The third kappa shape index (κ3) is 2.30. The average Bonchev–Trinajstić information content (AvgIpc) is 2.78. The third-order valence-electron chi connectivity index (χ3n) is 2.70. The van der Waals surface area contributed by atoms with E-state index < -0.39 is 0 Å². The molecular weight excluding hydrogens is 192 g/mol. The van der Waals surface area contributed by atoms with Gasteiger partial charge in [0.25, 0.3) is 0 Å². The number of aromatic amines is 1. The molecule has 0 radical (unpaired) electrons. The molecule has 5 heteroatoms. The molecule has 1 atom stereocenters. The van der Waals surface area contributed by atoms with Crippen molar-refractivity contribution in [3.8, 4) is 0 Å². The van der Waals surface area contributed by atoms with Gasteiger partial charge in [0.15, 0.2) is 0 Å². The highest BCUT2D eigenvalue weighted by Crippen LogP contribution is 2.13. The molecule has 0 saturated carbocycles. The first kappa shape index (κ1) is 10.4. The second kappa shape index (κ2) is 4.63. The topological polar surface area (TPSA) is 67.2 Å². The summed E-state index contributed by atoms with van der Waals surface area (Å²) in [6.07, 6.45) is 3.01. The molecule has 2 heterocycles. The Morgan fingerprint density at radius 1 is 1.73 bits per heavy atom. The Morgan fingerprint density at radius 2 is 2.60 bits per heavy atom. The number of aromatic nitrogens is 2. The summed E-state index contributed by atoms with van der Waals surface area (Å²) in [5.74, 6) is 0.939. The number of hydrogen-bond acceptors (Lipinski definition) is 4. The first-order valence-electron chi connectivity index (χ1n) is 5.44.